The molecule has 0 bridgehead atoms. The molecule has 0 saturated heterocycles. The minimum atomic E-state index is 0.281. The van der Waals surface area contributed by atoms with Gasteiger partial charge in [0.15, 0.2) is 0 Å². The van der Waals surface area contributed by atoms with Gasteiger partial charge in [-0.25, -0.2) is 4.98 Å². The first kappa shape index (κ1) is 15.1. The van der Waals surface area contributed by atoms with E-state index in [-0.39, 0.29) is 6.04 Å². The zero-order chi connectivity index (χ0) is 14.0. The molecule has 1 N–H and O–H groups in total. The van der Waals surface area contributed by atoms with Crippen molar-refractivity contribution in [2.75, 3.05) is 0 Å². The number of halogens is 2. The van der Waals surface area contributed by atoms with Crippen LogP contribution in [0.3, 0.4) is 0 Å². The second kappa shape index (κ2) is 6.43. The average Bonchev–Trinajstić information content (AvgIpc) is 2.67. The highest BCUT2D eigenvalue weighted by molar-refractivity contribution is 9.11. The molecule has 19 heavy (non-hydrogen) atoms. The minimum absolute atomic E-state index is 0.281. The van der Waals surface area contributed by atoms with Crippen LogP contribution in [-0.2, 0) is 6.54 Å². The summed E-state index contributed by atoms with van der Waals surface area (Å²) in [5.41, 5.74) is 2.12. The third-order valence-corrected chi connectivity index (χ3v) is 5.17. The smallest absolute Gasteiger partial charge is 0.0900 e. The molecule has 3 nitrogen and oxygen atoms in total. The molecule has 102 valence electrons. The molecular formula is C13H15Br2N3S. The summed E-state index contributed by atoms with van der Waals surface area (Å²) >= 11 is 8.69. The molecule has 1 atom stereocenters. The molecule has 0 spiro atoms. The molecule has 0 aromatic carbocycles. The van der Waals surface area contributed by atoms with Gasteiger partial charge in [-0.2, -0.15) is 0 Å². The summed E-state index contributed by atoms with van der Waals surface area (Å²) < 4.78 is 1.99. The molecule has 0 saturated carbocycles. The number of nitrogens with zero attached hydrogens (tertiary/aromatic N) is 2. The van der Waals surface area contributed by atoms with E-state index in [2.05, 4.69) is 61.0 Å². The van der Waals surface area contributed by atoms with Crippen molar-refractivity contribution in [1.29, 1.82) is 0 Å². The molecule has 0 aliphatic rings. The standard InChI is InChI=1S/C13H15Br2N3S/c1-7(13-8(2)18-9(3)19-13)16-6-12-11(15)4-10(14)5-17-12/h4-5,7,16H,6H2,1-3H3. The van der Waals surface area contributed by atoms with E-state index in [1.165, 1.54) is 4.88 Å². The minimum Gasteiger partial charge on any atom is -0.304 e. The Balaban J connectivity index is 2.04. The van der Waals surface area contributed by atoms with E-state index in [1.807, 2.05) is 19.2 Å². The Hall–Kier alpha value is -0.300. The monoisotopic (exact) mass is 403 g/mol. The first-order chi connectivity index (χ1) is 8.97. The van der Waals surface area contributed by atoms with Crippen molar-refractivity contribution < 1.29 is 0 Å². The SMILES string of the molecule is Cc1nc(C)c(C(C)NCc2ncc(Br)cc2Br)s1. The molecule has 6 heteroatoms. The van der Waals surface area contributed by atoms with Gasteiger partial charge in [0.1, 0.15) is 0 Å². The van der Waals surface area contributed by atoms with Gasteiger partial charge in [-0.15, -0.1) is 11.3 Å². The van der Waals surface area contributed by atoms with Gasteiger partial charge in [0, 0.05) is 32.6 Å². The van der Waals surface area contributed by atoms with Crippen LogP contribution in [0.2, 0.25) is 0 Å². The molecule has 0 aliphatic carbocycles. The van der Waals surface area contributed by atoms with Gasteiger partial charge < -0.3 is 5.32 Å². The first-order valence-electron chi connectivity index (χ1n) is 5.94. The fourth-order valence-electron chi connectivity index (χ4n) is 1.86. The van der Waals surface area contributed by atoms with Crippen LogP contribution in [-0.4, -0.2) is 9.97 Å². The summed E-state index contributed by atoms with van der Waals surface area (Å²) in [6, 6.07) is 2.29. The number of aromatic nitrogens is 2. The lowest BCUT2D eigenvalue weighted by atomic mass is 10.2. The quantitative estimate of drug-likeness (QED) is 0.813. The van der Waals surface area contributed by atoms with E-state index in [0.717, 1.165) is 31.9 Å². The highest BCUT2D eigenvalue weighted by Gasteiger charge is 2.13. The fraction of sp³-hybridized carbons (Fsp3) is 0.385. The van der Waals surface area contributed by atoms with Gasteiger partial charge in [0.25, 0.3) is 0 Å². The summed E-state index contributed by atoms with van der Waals surface area (Å²) in [7, 11) is 0. The van der Waals surface area contributed by atoms with Crippen LogP contribution >= 0.6 is 43.2 Å². The lowest BCUT2D eigenvalue weighted by molar-refractivity contribution is 0.571. The molecule has 0 aliphatic heterocycles. The Morgan fingerprint density at radius 3 is 2.68 bits per heavy atom. The van der Waals surface area contributed by atoms with Crippen LogP contribution in [0.1, 0.15) is 34.2 Å². The first-order valence-corrected chi connectivity index (χ1v) is 8.35. The van der Waals surface area contributed by atoms with E-state index < -0.39 is 0 Å². The van der Waals surface area contributed by atoms with Crippen LogP contribution in [0.15, 0.2) is 21.2 Å². The van der Waals surface area contributed by atoms with E-state index in [4.69, 9.17) is 0 Å². The topological polar surface area (TPSA) is 37.8 Å². The average molecular weight is 405 g/mol. The Bertz CT molecular complexity index is 583. The Kier molecular flexibility index (Phi) is 5.11. The predicted molar refractivity (Wildman–Crippen MR) is 86.5 cm³/mol. The highest BCUT2D eigenvalue weighted by atomic mass is 79.9. The summed E-state index contributed by atoms with van der Waals surface area (Å²) in [6.07, 6.45) is 1.81. The molecule has 0 radical (unpaired) electrons. The third-order valence-electron chi connectivity index (χ3n) is 2.79. The van der Waals surface area contributed by atoms with Crippen LogP contribution in [0.4, 0.5) is 0 Å². The normalized spacial score (nSPS) is 12.7. The largest absolute Gasteiger partial charge is 0.304 e. The maximum atomic E-state index is 4.46. The van der Waals surface area contributed by atoms with Gasteiger partial charge in [0.05, 0.1) is 16.4 Å². The highest BCUT2D eigenvalue weighted by Crippen LogP contribution is 2.25. The predicted octanol–water partition coefficient (Wildman–Crippen LogP) is 4.53. The zero-order valence-electron chi connectivity index (χ0n) is 11.0. The number of hydrogen-bond acceptors (Lipinski definition) is 4. The molecule has 0 amide bonds. The summed E-state index contributed by atoms with van der Waals surface area (Å²) in [5.74, 6) is 0. The van der Waals surface area contributed by atoms with Crippen molar-refractivity contribution in [2.24, 2.45) is 0 Å². The second-order valence-corrected chi connectivity index (χ2v) is 7.37. The van der Waals surface area contributed by atoms with E-state index >= 15 is 0 Å². The van der Waals surface area contributed by atoms with Crippen molar-refractivity contribution in [3.8, 4) is 0 Å². The van der Waals surface area contributed by atoms with E-state index in [0.29, 0.717) is 0 Å². The lowest BCUT2D eigenvalue weighted by Crippen LogP contribution is -2.19. The van der Waals surface area contributed by atoms with Crippen LogP contribution in [0.5, 0.6) is 0 Å². The maximum Gasteiger partial charge on any atom is 0.0900 e. The van der Waals surface area contributed by atoms with E-state index in [9.17, 15) is 0 Å². The van der Waals surface area contributed by atoms with Crippen LogP contribution in [0, 0.1) is 13.8 Å². The number of pyridine rings is 1. The number of thiazole rings is 1. The summed E-state index contributed by atoms with van der Waals surface area (Å²) in [4.78, 5) is 10.2. The summed E-state index contributed by atoms with van der Waals surface area (Å²) in [5, 5.41) is 4.61. The van der Waals surface area contributed by atoms with Crippen LogP contribution < -0.4 is 5.32 Å². The van der Waals surface area contributed by atoms with E-state index in [1.54, 1.807) is 11.3 Å². The van der Waals surface area contributed by atoms with Crippen molar-refractivity contribution in [3.63, 3.8) is 0 Å². The fourth-order valence-corrected chi connectivity index (χ4v) is 3.95. The molecule has 2 aromatic rings. The van der Waals surface area contributed by atoms with Gasteiger partial charge in [-0.3, -0.25) is 4.98 Å². The molecule has 2 aromatic heterocycles. The molecule has 1 unspecified atom stereocenters. The van der Waals surface area contributed by atoms with Crippen LogP contribution in [0.25, 0.3) is 0 Å². The van der Waals surface area contributed by atoms with Gasteiger partial charge in [-0.05, 0) is 58.7 Å². The number of hydrogen-bond donors (Lipinski definition) is 1. The molecular weight excluding hydrogens is 390 g/mol. The number of nitrogens with one attached hydrogen (secondary N) is 1. The molecule has 2 heterocycles. The van der Waals surface area contributed by atoms with Gasteiger partial charge in [0.2, 0.25) is 0 Å². The zero-order valence-corrected chi connectivity index (χ0v) is 15.0. The Morgan fingerprint density at radius 1 is 1.37 bits per heavy atom. The van der Waals surface area contributed by atoms with Gasteiger partial charge >= 0.3 is 0 Å². The second-order valence-electron chi connectivity index (χ2n) is 4.37. The molecule has 2 rings (SSSR count). The lowest BCUT2D eigenvalue weighted by Gasteiger charge is -2.13. The van der Waals surface area contributed by atoms with Gasteiger partial charge in [-0.1, -0.05) is 0 Å². The number of aryl methyl sites for hydroxylation is 2. The van der Waals surface area contributed by atoms with Crippen molar-refractivity contribution in [2.45, 2.75) is 33.4 Å². The number of rotatable bonds is 4. The summed E-state index contributed by atoms with van der Waals surface area (Å²) in [6.45, 7) is 6.99. The van der Waals surface area contributed by atoms with Crippen molar-refractivity contribution >= 4 is 43.2 Å². The maximum absolute atomic E-state index is 4.46. The Morgan fingerprint density at radius 2 is 2.11 bits per heavy atom. The molecule has 0 fully saturated rings. The van der Waals surface area contributed by atoms with Crippen molar-refractivity contribution in [3.05, 3.63) is 42.5 Å². The Labute approximate surface area is 134 Å². The van der Waals surface area contributed by atoms with Crippen molar-refractivity contribution in [1.82, 2.24) is 15.3 Å². The third kappa shape index (κ3) is 3.84.